The number of carbonyl (C=O) groups excluding carboxylic acids is 1. The van der Waals surface area contributed by atoms with Gasteiger partial charge >= 0.3 is 0 Å². The Bertz CT molecular complexity index is 599. The van der Waals surface area contributed by atoms with E-state index in [-0.39, 0.29) is 0 Å². The van der Waals surface area contributed by atoms with Crippen molar-refractivity contribution in [2.24, 2.45) is 0 Å². The van der Waals surface area contributed by atoms with Gasteiger partial charge in [-0.25, -0.2) is 0 Å². The number of ether oxygens (including phenoxy) is 1. The van der Waals surface area contributed by atoms with Crippen molar-refractivity contribution in [1.29, 1.82) is 0 Å². The van der Waals surface area contributed by atoms with E-state index in [1.165, 1.54) is 16.3 Å². The van der Waals surface area contributed by atoms with Crippen LogP contribution < -0.4 is 4.74 Å². The number of nitrogens with zero attached hydrogens (tertiary/aromatic N) is 1. The molecule has 0 saturated heterocycles. The van der Waals surface area contributed by atoms with Crippen LogP contribution in [0.5, 0.6) is 5.75 Å². The Morgan fingerprint density at radius 3 is 2.85 bits per heavy atom. The predicted molar refractivity (Wildman–Crippen MR) is 81.8 cm³/mol. The van der Waals surface area contributed by atoms with Crippen LogP contribution in [-0.4, -0.2) is 25.0 Å². The molecular formula is C17H19NO2. The maximum absolute atomic E-state index is 10.7. The second-order valence-electron chi connectivity index (χ2n) is 4.63. The van der Waals surface area contributed by atoms with Crippen molar-refractivity contribution in [2.75, 3.05) is 13.7 Å². The fourth-order valence-corrected chi connectivity index (χ4v) is 2.30. The van der Waals surface area contributed by atoms with E-state index in [1.54, 1.807) is 18.2 Å². The summed E-state index contributed by atoms with van der Waals surface area (Å²) in [6, 6.07) is 12.4. The van der Waals surface area contributed by atoms with E-state index in [9.17, 15) is 4.79 Å². The predicted octanol–water partition coefficient (Wildman–Crippen LogP) is 3.38. The molecule has 2 aromatic carbocycles. The zero-order valence-electron chi connectivity index (χ0n) is 11.7. The van der Waals surface area contributed by atoms with Crippen molar-refractivity contribution >= 4 is 17.2 Å². The van der Waals surface area contributed by atoms with E-state index in [0.29, 0.717) is 6.54 Å². The summed E-state index contributed by atoms with van der Waals surface area (Å²) >= 11 is 0. The standard InChI is InChI=1S/C17H19NO2/c1-3-18(13-19)11-5-8-14-6-4-7-15-9-10-16(20-2)12-17(14)15/h3-4,6-7,9-10,12-13H,1,5,8,11H2,2H3. The van der Waals surface area contributed by atoms with Gasteiger partial charge in [0.2, 0.25) is 6.41 Å². The molecule has 3 heteroatoms. The van der Waals surface area contributed by atoms with Crippen molar-refractivity contribution in [3.8, 4) is 5.75 Å². The first kappa shape index (κ1) is 14.1. The number of hydrogen-bond acceptors (Lipinski definition) is 2. The number of hydrogen-bond donors (Lipinski definition) is 0. The first-order valence-corrected chi connectivity index (χ1v) is 6.67. The van der Waals surface area contributed by atoms with Crippen LogP contribution in [0.4, 0.5) is 0 Å². The lowest BCUT2D eigenvalue weighted by Crippen LogP contribution is -2.16. The number of aryl methyl sites for hydroxylation is 1. The minimum Gasteiger partial charge on any atom is -0.497 e. The third-order valence-corrected chi connectivity index (χ3v) is 3.41. The van der Waals surface area contributed by atoms with E-state index in [0.717, 1.165) is 25.0 Å². The van der Waals surface area contributed by atoms with Gasteiger partial charge in [0.1, 0.15) is 5.75 Å². The molecule has 0 N–H and O–H groups in total. The quantitative estimate of drug-likeness (QED) is 0.721. The Labute approximate surface area is 119 Å². The molecule has 0 saturated carbocycles. The van der Waals surface area contributed by atoms with Crippen LogP contribution in [0.25, 0.3) is 10.8 Å². The van der Waals surface area contributed by atoms with Crippen molar-refractivity contribution in [3.05, 3.63) is 54.7 Å². The summed E-state index contributed by atoms with van der Waals surface area (Å²) in [5, 5.41) is 2.42. The zero-order chi connectivity index (χ0) is 14.4. The number of amides is 1. The SMILES string of the molecule is C=CN(C=O)CCCc1cccc2ccc(OC)cc12. The molecule has 0 aliphatic heterocycles. The molecule has 3 nitrogen and oxygen atoms in total. The fraction of sp³-hybridized carbons (Fsp3) is 0.235. The van der Waals surface area contributed by atoms with Crippen molar-refractivity contribution in [3.63, 3.8) is 0 Å². The molecule has 0 aromatic heterocycles. The molecule has 1 amide bonds. The van der Waals surface area contributed by atoms with Gasteiger partial charge < -0.3 is 9.64 Å². The fourth-order valence-electron chi connectivity index (χ4n) is 2.30. The molecule has 20 heavy (non-hydrogen) atoms. The first-order valence-electron chi connectivity index (χ1n) is 6.67. The lowest BCUT2D eigenvalue weighted by Gasteiger charge is -2.12. The Kier molecular flexibility index (Phi) is 4.77. The Hall–Kier alpha value is -2.29. The number of benzene rings is 2. The molecule has 0 heterocycles. The van der Waals surface area contributed by atoms with E-state index < -0.39 is 0 Å². The molecule has 0 radical (unpaired) electrons. The summed E-state index contributed by atoms with van der Waals surface area (Å²) in [6.45, 7) is 4.30. The van der Waals surface area contributed by atoms with E-state index in [2.05, 4.69) is 36.9 Å². The smallest absolute Gasteiger partial charge is 0.213 e. The minimum absolute atomic E-state index is 0.688. The largest absolute Gasteiger partial charge is 0.497 e. The molecule has 0 bridgehead atoms. The van der Waals surface area contributed by atoms with Gasteiger partial charge in [-0.05, 0) is 47.5 Å². The third kappa shape index (κ3) is 3.18. The molecule has 0 spiro atoms. The highest BCUT2D eigenvalue weighted by atomic mass is 16.5. The molecule has 2 aromatic rings. The first-order chi connectivity index (χ1) is 9.78. The number of methoxy groups -OCH3 is 1. The van der Waals surface area contributed by atoms with E-state index in [4.69, 9.17) is 4.74 Å². The van der Waals surface area contributed by atoms with Crippen molar-refractivity contribution in [2.45, 2.75) is 12.8 Å². The Balaban J connectivity index is 2.16. The van der Waals surface area contributed by atoms with Crippen LogP contribution in [0.2, 0.25) is 0 Å². The van der Waals surface area contributed by atoms with Crippen molar-refractivity contribution < 1.29 is 9.53 Å². The average Bonchev–Trinajstić information content (AvgIpc) is 2.51. The van der Waals surface area contributed by atoms with Gasteiger partial charge in [0, 0.05) is 6.54 Å². The summed E-state index contributed by atoms with van der Waals surface area (Å²) in [5.41, 5.74) is 1.27. The molecule has 0 aliphatic carbocycles. The lowest BCUT2D eigenvalue weighted by atomic mass is 10.0. The molecule has 2 rings (SSSR count). The van der Waals surface area contributed by atoms with Gasteiger partial charge in [0.25, 0.3) is 0 Å². The maximum Gasteiger partial charge on any atom is 0.213 e. The number of fused-ring (bicyclic) bond motifs is 1. The molecule has 0 aliphatic rings. The highest BCUT2D eigenvalue weighted by Gasteiger charge is 2.04. The summed E-state index contributed by atoms with van der Waals surface area (Å²) in [7, 11) is 1.68. The lowest BCUT2D eigenvalue weighted by molar-refractivity contribution is -0.115. The van der Waals surface area contributed by atoms with E-state index >= 15 is 0 Å². The molecule has 0 fully saturated rings. The second kappa shape index (κ2) is 6.75. The Morgan fingerprint density at radius 2 is 2.15 bits per heavy atom. The zero-order valence-corrected chi connectivity index (χ0v) is 11.7. The molecule has 104 valence electrons. The average molecular weight is 269 g/mol. The normalized spacial score (nSPS) is 10.2. The van der Waals surface area contributed by atoms with Crippen LogP contribution in [-0.2, 0) is 11.2 Å². The number of carbonyl (C=O) groups is 1. The highest BCUT2D eigenvalue weighted by Crippen LogP contribution is 2.24. The van der Waals surface area contributed by atoms with Gasteiger partial charge in [0.05, 0.1) is 7.11 Å². The topological polar surface area (TPSA) is 29.5 Å². The number of rotatable bonds is 7. The summed E-state index contributed by atoms with van der Waals surface area (Å²) < 4.78 is 5.29. The second-order valence-corrected chi connectivity index (χ2v) is 4.63. The summed E-state index contributed by atoms with van der Waals surface area (Å²) in [4.78, 5) is 12.3. The summed E-state index contributed by atoms with van der Waals surface area (Å²) in [5.74, 6) is 0.866. The third-order valence-electron chi connectivity index (χ3n) is 3.41. The van der Waals surface area contributed by atoms with Gasteiger partial charge in [0.15, 0.2) is 0 Å². The van der Waals surface area contributed by atoms with Crippen LogP contribution in [0.3, 0.4) is 0 Å². The minimum atomic E-state index is 0.688. The monoisotopic (exact) mass is 269 g/mol. The summed E-state index contributed by atoms with van der Waals surface area (Å²) in [6.07, 6.45) is 4.18. The van der Waals surface area contributed by atoms with Gasteiger partial charge in [-0.2, -0.15) is 0 Å². The van der Waals surface area contributed by atoms with Gasteiger partial charge in [-0.1, -0.05) is 30.8 Å². The highest BCUT2D eigenvalue weighted by molar-refractivity contribution is 5.87. The Morgan fingerprint density at radius 1 is 1.30 bits per heavy atom. The van der Waals surface area contributed by atoms with Crippen LogP contribution >= 0.6 is 0 Å². The van der Waals surface area contributed by atoms with E-state index in [1.807, 2.05) is 6.07 Å². The van der Waals surface area contributed by atoms with Gasteiger partial charge in [-0.15, -0.1) is 0 Å². The van der Waals surface area contributed by atoms with Crippen LogP contribution in [0, 0.1) is 0 Å². The molecular weight excluding hydrogens is 250 g/mol. The van der Waals surface area contributed by atoms with Crippen molar-refractivity contribution in [1.82, 2.24) is 4.90 Å². The van der Waals surface area contributed by atoms with Crippen LogP contribution in [0.1, 0.15) is 12.0 Å². The van der Waals surface area contributed by atoms with Crippen LogP contribution in [0.15, 0.2) is 49.2 Å². The molecule has 0 unspecified atom stereocenters. The maximum atomic E-state index is 10.7. The molecule has 0 atom stereocenters. The van der Waals surface area contributed by atoms with Gasteiger partial charge in [-0.3, -0.25) is 4.79 Å².